The van der Waals surface area contributed by atoms with Crippen LogP contribution in [0.4, 0.5) is 4.79 Å². The molecule has 1 saturated heterocycles. The van der Waals surface area contributed by atoms with Gasteiger partial charge in [0.2, 0.25) is 0 Å². The van der Waals surface area contributed by atoms with E-state index in [2.05, 4.69) is 0 Å². The molecule has 1 atom stereocenters. The normalized spacial score (nSPS) is 22.6. The second kappa shape index (κ2) is 3.31. The van der Waals surface area contributed by atoms with Gasteiger partial charge >= 0.3 is 6.09 Å². The minimum Gasteiger partial charge on any atom is -0.349 e. The zero-order valence-corrected chi connectivity index (χ0v) is 8.18. The molecule has 1 fully saturated rings. The molecule has 0 unspecified atom stereocenters. The first-order chi connectivity index (χ1) is 6.70. The Morgan fingerprint density at radius 1 is 1.21 bits per heavy atom. The second-order valence-electron chi connectivity index (χ2n) is 3.30. The van der Waals surface area contributed by atoms with Gasteiger partial charge in [-0.2, -0.15) is 0 Å². The molecule has 14 heavy (non-hydrogen) atoms. The van der Waals surface area contributed by atoms with Crippen LogP contribution in [0.3, 0.4) is 0 Å². The fourth-order valence-electron chi connectivity index (χ4n) is 1.64. The van der Waals surface area contributed by atoms with Crippen LogP contribution in [-0.4, -0.2) is 30.2 Å². The quantitative estimate of drug-likeness (QED) is 0.677. The van der Waals surface area contributed by atoms with Gasteiger partial charge in [-0.15, -0.1) is 5.06 Å². The number of hydrogen-bond acceptors (Lipinski definition) is 3. The van der Waals surface area contributed by atoms with E-state index in [1.807, 2.05) is 30.3 Å². The Bertz CT molecular complexity index is 339. The Morgan fingerprint density at radius 3 is 2.36 bits per heavy atom. The zero-order chi connectivity index (χ0) is 10.1. The third kappa shape index (κ3) is 1.33. The van der Waals surface area contributed by atoms with Crippen LogP contribution in [0.25, 0.3) is 0 Å². The highest BCUT2D eigenvalue weighted by atomic mass is 16.7. The lowest BCUT2D eigenvalue weighted by molar-refractivity contribution is -0.0718. The number of hydrogen-bond donors (Lipinski definition) is 0. The highest BCUT2D eigenvalue weighted by Crippen LogP contribution is 2.28. The molecule has 4 nitrogen and oxygen atoms in total. The molecule has 4 heteroatoms. The number of benzene rings is 1. The van der Waals surface area contributed by atoms with E-state index < -0.39 is 0 Å². The van der Waals surface area contributed by atoms with Gasteiger partial charge in [0.15, 0.2) is 0 Å². The van der Waals surface area contributed by atoms with Crippen molar-refractivity contribution in [2.24, 2.45) is 0 Å². The summed E-state index contributed by atoms with van der Waals surface area (Å²) in [6.45, 7) is 0. The molecule has 1 amide bonds. The SMILES string of the molecule is CN1OC(=O)N(C)[C@@H]1c1ccccc1. The van der Waals surface area contributed by atoms with Crippen molar-refractivity contribution in [1.82, 2.24) is 9.96 Å². The minimum atomic E-state index is -0.318. The summed E-state index contributed by atoms with van der Waals surface area (Å²) in [4.78, 5) is 17.8. The van der Waals surface area contributed by atoms with E-state index in [4.69, 9.17) is 4.84 Å². The number of carbonyl (C=O) groups excluding carboxylic acids is 1. The molecule has 1 aliphatic heterocycles. The van der Waals surface area contributed by atoms with Crippen molar-refractivity contribution in [3.8, 4) is 0 Å². The molecule has 0 N–H and O–H groups in total. The second-order valence-corrected chi connectivity index (χ2v) is 3.30. The Hall–Kier alpha value is -1.55. The fourth-order valence-corrected chi connectivity index (χ4v) is 1.64. The highest BCUT2D eigenvalue weighted by Gasteiger charge is 2.35. The number of hydroxylamine groups is 2. The fraction of sp³-hybridized carbons (Fsp3) is 0.300. The van der Waals surface area contributed by atoms with Crippen LogP contribution in [0.1, 0.15) is 11.7 Å². The standard InChI is InChI=1S/C10H12N2O2/c1-11-9(12(2)14-10(11)13)8-6-4-3-5-7-8/h3-7,9H,1-2H3/t9-/m0/s1. The lowest BCUT2D eigenvalue weighted by Crippen LogP contribution is -2.26. The molecule has 2 rings (SSSR count). The molecule has 74 valence electrons. The van der Waals surface area contributed by atoms with E-state index in [1.165, 1.54) is 0 Å². The van der Waals surface area contributed by atoms with Gasteiger partial charge < -0.3 is 4.84 Å². The van der Waals surface area contributed by atoms with Crippen molar-refractivity contribution in [2.75, 3.05) is 14.1 Å². The number of carbonyl (C=O) groups is 1. The predicted octanol–water partition coefficient (Wildman–Crippen LogP) is 1.61. The van der Waals surface area contributed by atoms with E-state index in [-0.39, 0.29) is 12.3 Å². The molecular weight excluding hydrogens is 180 g/mol. The maximum atomic E-state index is 11.2. The summed E-state index contributed by atoms with van der Waals surface area (Å²) in [6, 6.07) is 9.78. The third-order valence-electron chi connectivity index (χ3n) is 2.32. The number of nitrogens with zero attached hydrogens (tertiary/aromatic N) is 2. The Balaban J connectivity index is 2.31. The summed E-state index contributed by atoms with van der Waals surface area (Å²) < 4.78 is 0. The minimum absolute atomic E-state index is 0.122. The van der Waals surface area contributed by atoms with E-state index in [1.54, 1.807) is 24.1 Å². The number of rotatable bonds is 1. The summed E-state index contributed by atoms with van der Waals surface area (Å²) in [7, 11) is 3.47. The zero-order valence-electron chi connectivity index (χ0n) is 8.18. The van der Waals surface area contributed by atoms with E-state index in [0.717, 1.165) is 5.56 Å². The van der Waals surface area contributed by atoms with Crippen LogP contribution in [-0.2, 0) is 4.84 Å². The average molecular weight is 192 g/mol. The van der Waals surface area contributed by atoms with Gasteiger partial charge in [0.05, 0.1) is 0 Å². The maximum Gasteiger partial charge on any atom is 0.430 e. The first-order valence-electron chi connectivity index (χ1n) is 4.42. The molecule has 1 heterocycles. The van der Waals surface area contributed by atoms with Gasteiger partial charge in [-0.05, 0) is 5.56 Å². The van der Waals surface area contributed by atoms with Crippen LogP contribution in [0, 0.1) is 0 Å². The largest absolute Gasteiger partial charge is 0.430 e. The summed E-state index contributed by atoms with van der Waals surface area (Å²) in [5, 5.41) is 1.55. The first-order valence-corrected chi connectivity index (χ1v) is 4.42. The van der Waals surface area contributed by atoms with Gasteiger partial charge in [-0.1, -0.05) is 30.3 Å². The molecule has 0 bridgehead atoms. The van der Waals surface area contributed by atoms with Gasteiger partial charge in [0.25, 0.3) is 0 Å². The lowest BCUT2D eigenvalue weighted by atomic mass is 10.1. The van der Waals surface area contributed by atoms with Crippen molar-refractivity contribution in [2.45, 2.75) is 6.17 Å². The van der Waals surface area contributed by atoms with Crippen molar-refractivity contribution in [3.63, 3.8) is 0 Å². The Kier molecular flexibility index (Phi) is 2.13. The first kappa shape index (κ1) is 9.02. The predicted molar refractivity (Wildman–Crippen MR) is 51.2 cm³/mol. The van der Waals surface area contributed by atoms with Gasteiger partial charge in [0.1, 0.15) is 6.17 Å². The molecule has 0 aliphatic carbocycles. The smallest absolute Gasteiger partial charge is 0.349 e. The summed E-state index contributed by atoms with van der Waals surface area (Å²) in [6.07, 6.45) is -0.440. The number of amides is 1. The Labute approximate surface area is 82.6 Å². The molecule has 0 aromatic heterocycles. The third-order valence-corrected chi connectivity index (χ3v) is 2.32. The van der Waals surface area contributed by atoms with Gasteiger partial charge in [-0.25, -0.2) is 4.79 Å². The molecule has 0 spiro atoms. The molecular formula is C10H12N2O2. The van der Waals surface area contributed by atoms with Crippen LogP contribution >= 0.6 is 0 Å². The van der Waals surface area contributed by atoms with Crippen molar-refractivity contribution >= 4 is 6.09 Å². The summed E-state index contributed by atoms with van der Waals surface area (Å²) in [5.74, 6) is 0. The topological polar surface area (TPSA) is 32.8 Å². The van der Waals surface area contributed by atoms with Gasteiger partial charge in [-0.3, -0.25) is 4.90 Å². The van der Waals surface area contributed by atoms with Crippen molar-refractivity contribution in [3.05, 3.63) is 35.9 Å². The van der Waals surface area contributed by atoms with Crippen LogP contribution in [0.15, 0.2) is 30.3 Å². The van der Waals surface area contributed by atoms with Crippen LogP contribution in [0.5, 0.6) is 0 Å². The maximum absolute atomic E-state index is 11.2. The van der Waals surface area contributed by atoms with Crippen LogP contribution < -0.4 is 0 Å². The van der Waals surface area contributed by atoms with Crippen molar-refractivity contribution < 1.29 is 9.63 Å². The summed E-state index contributed by atoms with van der Waals surface area (Å²) in [5.41, 5.74) is 1.04. The molecule has 0 radical (unpaired) electrons. The Morgan fingerprint density at radius 2 is 1.86 bits per heavy atom. The highest BCUT2D eigenvalue weighted by molar-refractivity contribution is 5.69. The van der Waals surface area contributed by atoms with E-state index >= 15 is 0 Å². The molecule has 0 saturated carbocycles. The monoisotopic (exact) mass is 192 g/mol. The summed E-state index contributed by atoms with van der Waals surface area (Å²) >= 11 is 0. The average Bonchev–Trinajstić information content (AvgIpc) is 2.43. The van der Waals surface area contributed by atoms with Gasteiger partial charge in [0, 0.05) is 14.1 Å². The molecule has 1 aromatic carbocycles. The van der Waals surface area contributed by atoms with E-state index in [0.29, 0.717) is 0 Å². The van der Waals surface area contributed by atoms with Crippen molar-refractivity contribution in [1.29, 1.82) is 0 Å². The molecule has 1 aromatic rings. The lowest BCUT2D eigenvalue weighted by Gasteiger charge is -2.20. The molecule has 1 aliphatic rings. The van der Waals surface area contributed by atoms with E-state index in [9.17, 15) is 4.79 Å². The van der Waals surface area contributed by atoms with Crippen LogP contribution in [0.2, 0.25) is 0 Å².